The Morgan fingerprint density at radius 3 is 2.65 bits per heavy atom. The predicted molar refractivity (Wildman–Crippen MR) is 98.0 cm³/mol. The van der Waals surface area contributed by atoms with Gasteiger partial charge in [0.2, 0.25) is 0 Å². The Hall–Kier alpha value is -1.95. The third kappa shape index (κ3) is 2.90. The summed E-state index contributed by atoms with van der Waals surface area (Å²) < 4.78 is 16.7. The molecule has 6 heteroatoms. The van der Waals surface area contributed by atoms with Crippen LogP contribution in [0.1, 0.15) is 49.8 Å². The summed E-state index contributed by atoms with van der Waals surface area (Å²) >= 11 is 0. The fourth-order valence-corrected chi connectivity index (χ4v) is 4.71. The lowest BCUT2D eigenvalue weighted by Crippen LogP contribution is -2.52. The summed E-state index contributed by atoms with van der Waals surface area (Å²) in [6, 6.07) is 4.28. The Morgan fingerprint density at radius 1 is 1.27 bits per heavy atom. The molecule has 3 aliphatic rings. The first-order chi connectivity index (χ1) is 12.6. The van der Waals surface area contributed by atoms with Gasteiger partial charge in [-0.05, 0) is 43.0 Å². The van der Waals surface area contributed by atoms with Crippen LogP contribution in [0, 0.1) is 0 Å². The van der Waals surface area contributed by atoms with Crippen molar-refractivity contribution in [1.29, 1.82) is 0 Å². The Kier molecular flexibility index (Phi) is 4.69. The van der Waals surface area contributed by atoms with Gasteiger partial charge < -0.3 is 24.4 Å². The van der Waals surface area contributed by atoms with Gasteiger partial charge in [-0.3, -0.25) is 0 Å². The van der Waals surface area contributed by atoms with Crippen molar-refractivity contribution in [2.24, 2.45) is 0 Å². The van der Waals surface area contributed by atoms with Crippen LogP contribution in [-0.4, -0.2) is 51.0 Å². The molecule has 2 amide bonds. The molecule has 142 valence electrons. The normalized spacial score (nSPS) is 23.0. The van der Waals surface area contributed by atoms with Gasteiger partial charge in [0.05, 0.1) is 12.6 Å². The topological polar surface area (TPSA) is 60.0 Å². The molecule has 2 heterocycles. The molecule has 1 N–H and O–H groups in total. The fraction of sp³-hybridized carbons (Fsp3) is 0.650. The number of hydrogen-bond donors (Lipinski definition) is 1. The number of urea groups is 1. The summed E-state index contributed by atoms with van der Waals surface area (Å²) in [5.41, 5.74) is 2.59. The molecule has 0 aromatic heterocycles. The van der Waals surface area contributed by atoms with Crippen molar-refractivity contribution >= 4 is 6.03 Å². The Morgan fingerprint density at radius 2 is 1.96 bits per heavy atom. The number of nitrogens with zero attached hydrogens (tertiary/aromatic N) is 1. The number of fused-ring (bicyclic) bond motifs is 3. The molecule has 0 radical (unpaired) electrons. The molecule has 1 unspecified atom stereocenters. The Labute approximate surface area is 154 Å². The standard InChI is InChI=1S/C20H28N2O4/c1-14-15-11-17-18(26-10-9-25-17)12-16(15)20(5-3-4-6-20)13-22(14)19(23)21-7-8-24-2/h11-12,14H,3-10,13H2,1-2H3,(H,21,23). The first-order valence-corrected chi connectivity index (χ1v) is 9.62. The minimum absolute atomic E-state index is 0.00889. The number of carbonyl (C=O) groups is 1. The second-order valence-electron chi connectivity index (χ2n) is 7.60. The van der Waals surface area contributed by atoms with Crippen LogP contribution in [-0.2, 0) is 10.2 Å². The highest BCUT2D eigenvalue weighted by atomic mass is 16.6. The summed E-state index contributed by atoms with van der Waals surface area (Å²) in [7, 11) is 1.64. The largest absolute Gasteiger partial charge is 0.486 e. The maximum atomic E-state index is 12.8. The summed E-state index contributed by atoms with van der Waals surface area (Å²) in [6.45, 7) is 5.09. The quantitative estimate of drug-likeness (QED) is 0.842. The van der Waals surface area contributed by atoms with Gasteiger partial charge in [-0.2, -0.15) is 0 Å². The van der Waals surface area contributed by atoms with E-state index in [9.17, 15) is 4.79 Å². The first-order valence-electron chi connectivity index (χ1n) is 9.62. The summed E-state index contributed by atoms with van der Waals surface area (Å²) in [6.07, 6.45) is 4.66. The van der Waals surface area contributed by atoms with Gasteiger partial charge in [0.15, 0.2) is 11.5 Å². The van der Waals surface area contributed by atoms with Crippen molar-refractivity contribution in [2.45, 2.75) is 44.1 Å². The van der Waals surface area contributed by atoms with E-state index >= 15 is 0 Å². The van der Waals surface area contributed by atoms with E-state index < -0.39 is 0 Å². The maximum absolute atomic E-state index is 12.8. The number of ether oxygens (including phenoxy) is 3. The number of methoxy groups -OCH3 is 1. The highest BCUT2D eigenvalue weighted by molar-refractivity contribution is 5.76. The molecule has 4 rings (SSSR count). The molecule has 1 spiro atoms. The summed E-state index contributed by atoms with van der Waals surface area (Å²) in [5.74, 6) is 1.66. The molecule has 1 aromatic carbocycles. The van der Waals surface area contributed by atoms with Crippen molar-refractivity contribution in [1.82, 2.24) is 10.2 Å². The molecule has 0 saturated heterocycles. The van der Waals surface area contributed by atoms with Crippen molar-refractivity contribution in [3.05, 3.63) is 23.3 Å². The van der Waals surface area contributed by atoms with Crippen molar-refractivity contribution in [3.8, 4) is 11.5 Å². The predicted octanol–water partition coefficient (Wildman–Crippen LogP) is 3.00. The number of carbonyl (C=O) groups excluding carboxylic acids is 1. The van der Waals surface area contributed by atoms with Crippen LogP contribution in [0.2, 0.25) is 0 Å². The second kappa shape index (κ2) is 6.99. The average Bonchev–Trinajstić information content (AvgIpc) is 3.13. The second-order valence-corrected chi connectivity index (χ2v) is 7.60. The Bertz CT molecular complexity index is 685. The van der Waals surface area contributed by atoms with Gasteiger partial charge in [-0.15, -0.1) is 0 Å². The van der Waals surface area contributed by atoms with Crippen LogP contribution in [0.25, 0.3) is 0 Å². The fourth-order valence-electron chi connectivity index (χ4n) is 4.71. The minimum Gasteiger partial charge on any atom is -0.486 e. The van der Waals surface area contributed by atoms with Crippen molar-refractivity contribution in [2.75, 3.05) is 40.0 Å². The van der Waals surface area contributed by atoms with Gasteiger partial charge in [0.25, 0.3) is 0 Å². The molecular weight excluding hydrogens is 332 g/mol. The lowest BCUT2D eigenvalue weighted by molar-refractivity contribution is 0.136. The van der Waals surface area contributed by atoms with Gasteiger partial charge in [-0.1, -0.05) is 12.8 Å². The number of benzene rings is 1. The number of amides is 2. The molecule has 1 saturated carbocycles. The smallest absolute Gasteiger partial charge is 0.318 e. The Balaban J connectivity index is 1.69. The zero-order chi connectivity index (χ0) is 18.1. The van der Waals surface area contributed by atoms with E-state index in [1.54, 1.807) is 7.11 Å². The lowest BCUT2D eigenvalue weighted by Gasteiger charge is -2.46. The lowest BCUT2D eigenvalue weighted by atomic mass is 9.71. The maximum Gasteiger partial charge on any atom is 0.318 e. The van der Waals surface area contributed by atoms with Gasteiger partial charge >= 0.3 is 6.03 Å². The molecule has 6 nitrogen and oxygen atoms in total. The van der Waals surface area contributed by atoms with Crippen LogP contribution in [0.15, 0.2) is 12.1 Å². The third-order valence-corrected chi connectivity index (χ3v) is 6.08. The van der Waals surface area contributed by atoms with E-state index in [1.807, 2.05) is 4.90 Å². The molecule has 1 aliphatic carbocycles. The molecule has 1 fully saturated rings. The highest BCUT2D eigenvalue weighted by Crippen LogP contribution is 2.51. The van der Waals surface area contributed by atoms with E-state index in [-0.39, 0.29) is 17.5 Å². The monoisotopic (exact) mass is 360 g/mol. The average molecular weight is 360 g/mol. The number of hydrogen-bond acceptors (Lipinski definition) is 4. The van der Waals surface area contributed by atoms with E-state index in [0.29, 0.717) is 26.4 Å². The van der Waals surface area contributed by atoms with Crippen LogP contribution in [0.3, 0.4) is 0 Å². The van der Waals surface area contributed by atoms with Crippen LogP contribution < -0.4 is 14.8 Å². The van der Waals surface area contributed by atoms with Crippen molar-refractivity contribution in [3.63, 3.8) is 0 Å². The van der Waals surface area contributed by atoms with Crippen LogP contribution in [0.4, 0.5) is 4.79 Å². The summed E-state index contributed by atoms with van der Waals surface area (Å²) in [4.78, 5) is 14.8. The molecule has 26 heavy (non-hydrogen) atoms. The molecular formula is C20H28N2O4. The molecule has 1 atom stereocenters. The third-order valence-electron chi connectivity index (χ3n) is 6.08. The molecule has 1 aromatic rings. The minimum atomic E-state index is -0.0126. The van der Waals surface area contributed by atoms with Crippen LogP contribution >= 0.6 is 0 Å². The van der Waals surface area contributed by atoms with E-state index in [1.165, 1.54) is 24.0 Å². The first kappa shape index (κ1) is 17.5. The van der Waals surface area contributed by atoms with Crippen LogP contribution in [0.5, 0.6) is 11.5 Å². The van der Waals surface area contributed by atoms with E-state index in [0.717, 1.165) is 30.9 Å². The van der Waals surface area contributed by atoms with E-state index in [4.69, 9.17) is 14.2 Å². The zero-order valence-electron chi connectivity index (χ0n) is 15.7. The summed E-state index contributed by atoms with van der Waals surface area (Å²) in [5, 5.41) is 2.99. The number of rotatable bonds is 3. The highest BCUT2D eigenvalue weighted by Gasteiger charge is 2.46. The zero-order valence-corrected chi connectivity index (χ0v) is 15.7. The van der Waals surface area contributed by atoms with E-state index in [2.05, 4.69) is 24.4 Å². The van der Waals surface area contributed by atoms with Crippen molar-refractivity contribution < 1.29 is 19.0 Å². The molecule has 2 aliphatic heterocycles. The van der Waals surface area contributed by atoms with Gasteiger partial charge in [0.1, 0.15) is 13.2 Å². The SMILES string of the molecule is COCCNC(=O)N1CC2(CCCC2)c2cc3c(cc2C1C)OCCO3. The number of nitrogens with one attached hydrogen (secondary N) is 1. The van der Waals surface area contributed by atoms with Gasteiger partial charge in [-0.25, -0.2) is 4.79 Å². The molecule has 0 bridgehead atoms. The van der Waals surface area contributed by atoms with Gasteiger partial charge in [0, 0.05) is 25.6 Å².